The summed E-state index contributed by atoms with van der Waals surface area (Å²) < 4.78 is 58.9. The molecule has 0 amide bonds. The first-order chi connectivity index (χ1) is 24.2. The second kappa shape index (κ2) is 13.2. The largest absolute Gasteiger partial charge is 0.467 e. The number of hydrogen-bond donors (Lipinski definition) is 0. The van der Waals surface area contributed by atoms with E-state index in [4.69, 9.17) is 4.74 Å². The minimum Gasteiger partial charge on any atom is -0.467 e. The number of sulfone groups is 1. The molecule has 0 radical (unpaired) electrons. The summed E-state index contributed by atoms with van der Waals surface area (Å²) in [5.41, 5.74) is 6.28. The number of rotatable bonds is 6. The first-order valence-electron chi connectivity index (χ1n) is 14.8. The molecule has 0 spiro atoms. The zero-order valence-corrected chi connectivity index (χ0v) is 27.1. The molecule has 16 heteroatoms. The highest BCUT2D eigenvalue weighted by Gasteiger charge is 2.20. The highest BCUT2D eigenvalue weighted by Crippen LogP contribution is 2.33. The third kappa shape index (κ3) is 6.34. The summed E-state index contributed by atoms with van der Waals surface area (Å²) in [5.74, 6) is -0.656. The van der Waals surface area contributed by atoms with Crippen LogP contribution >= 0.6 is 0 Å². The number of nitrogens with zero attached hydrogens (tertiary/aromatic N) is 10. The van der Waals surface area contributed by atoms with Gasteiger partial charge >= 0.3 is 6.01 Å². The molecule has 50 heavy (non-hydrogen) atoms. The van der Waals surface area contributed by atoms with Crippen molar-refractivity contribution >= 4 is 21.1 Å². The first kappa shape index (κ1) is 32.0. The maximum atomic E-state index is 13.3. The number of imidazole rings is 2. The minimum atomic E-state index is -3.57. The van der Waals surface area contributed by atoms with Crippen molar-refractivity contribution in [3.05, 3.63) is 122 Å². The van der Waals surface area contributed by atoms with Crippen molar-refractivity contribution < 1.29 is 21.9 Å². The number of fused-ring (bicyclic) bond motifs is 2. The Morgan fingerprint density at radius 2 is 1.10 bits per heavy atom. The molecule has 2 aromatic carbocycles. The summed E-state index contributed by atoms with van der Waals surface area (Å²) in [6.07, 6.45) is 14.1. The van der Waals surface area contributed by atoms with Gasteiger partial charge in [-0.3, -0.25) is 18.8 Å². The number of methoxy groups -OCH3 is 1. The molecule has 248 valence electrons. The molecule has 0 aliphatic rings. The molecule has 0 fully saturated rings. The van der Waals surface area contributed by atoms with E-state index in [2.05, 4.69) is 39.9 Å². The van der Waals surface area contributed by atoms with Crippen LogP contribution in [0.1, 0.15) is 0 Å². The van der Waals surface area contributed by atoms with E-state index in [-0.39, 0.29) is 22.8 Å². The number of benzene rings is 2. The van der Waals surface area contributed by atoms with Gasteiger partial charge in [0.25, 0.3) is 0 Å². The topological polar surface area (TPSA) is 155 Å². The summed E-state index contributed by atoms with van der Waals surface area (Å²) in [5, 5.41) is -0.274. The average Bonchev–Trinajstić information content (AvgIpc) is 3.72. The average molecular weight is 691 g/mol. The Kier molecular flexibility index (Phi) is 8.43. The van der Waals surface area contributed by atoms with Gasteiger partial charge in [0, 0.05) is 54.6 Å². The summed E-state index contributed by atoms with van der Waals surface area (Å²) in [4.78, 5) is 33.8. The Hall–Kier alpha value is -6.55. The normalized spacial score (nSPS) is 11.4. The predicted molar refractivity (Wildman–Crippen MR) is 178 cm³/mol. The van der Waals surface area contributed by atoms with Crippen molar-refractivity contribution in [2.75, 3.05) is 13.4 Å². The second-order valence-electron chi connectivity index (χ2n) is 10.7. The molecule has 0 atom stereocenters. The highest BCUT2D eigenvalue weighted by atomic mass is 32.2. The minimum absolute atomic E-state index is 0.265. The van der Waals surface area contributed by atoms with Crippen molar-refractivity contribution in [2.45, 2.75) is 5.16 Å². The number of hydrogen-bond acceptors (Lipinski definition) is 11. The zero-order chi connectivity index (χ0) is 34.8. The van der Waals surface area contributed by atoms with Crippen LogP contribution < -0.4 is 4.74 Å². The molecule has 0 saturated heterocycles. The van der Waals surface area contributed by atoms with E-state index in [9.17, 15) is 17.2 Å². The molecule has 0 aliphatic carbocycles. The lowest BCUT2D eigenvalue weighted by Gasteiger charge is -2.06. The van der Waals surface area contributed by atoms with Gasteiger partial charge < -0.3 is 4.74 Å². The van der Waals surface area contributed by atoms with Crippen LogP contribution in [0.25, 0.3) is 56.6 Å². The Morgan fingerprint density at radius 3 is 1.58 bits per heavy atom. The molecule has 13 nitrogen and oxygen atoms in total. The molecule has 6 aromatic heterocycles. The third-order valence-corrected chi connectivity index (χ3v) is 8.22. The molecular formula is C34H24F2N10O3S. The number of halogens is 2. The third-order valence-electron chi connectivity index (χ3n) is 7.36. The lowest BCUT2D eigenvalue weighted by atomic mass is 10.1. The zero-order valence-electron chi connectivity index (χ0n) is 26.3. The fourth-order valence-corrected chi connectivity index (χ4v) is 5.66. The lowest BCUT2D eigenvalue weighted by Crippen LogP contribution is -2.05. The maximum absolute atomic E-state index is 13.3. The van der Waals surface area contributed by atoms with E-state index in [1.807, 2.05) is 4.40 Å². The summed E-state index contributed by atoms with van der Waals surface area (Å²) in [6.45, 7) is 0. The molecule has 8 rings (SSSR count). The van der Waals surface area contributed by atoms with Crippen LogP contribution in [0, 0.1) is 11.6 Å². The number of aromatic nitrogens is 10. The summed E-state index contributed by atoms with van der Waals surface area (Å²) in [7, 11) is -2.05. The predicted octanol–water partition coefficient (Wildman–Crippen LogP) is 5.40. The van der Waals surface area contributed by atoms with E-state index < -0.39 is 9.84 Å². The number of ether oxygens (including phenoxy) is 1. The first-order valence-corrected chi connectivity index (χ1v) is 16.7. The second-order valence-corrected chi connectivity index (χ2v) is 12.6. The highest BCUT2D eigenvalue weighted by molar-refractivity contribution is 7.90. The molecule has 0 N–H and O–H groups in total. The monoisotopic (exact) mass is 690 g/mol. The van der Waals surface area contributed by atoms with Crippen LogP contribution in [-0.4, -0.2) is 70.5 Å². The maximum Gasteiger partial charge on any atom is 0.316 e. The van der Waals surface area contributed by atoms with E-state index in [0.29, 0.717) is 45.3 Å². The fourth-order valence-electron chi connectivity index (χ4n) is 5.14. The van der Waals surface area contributed by atoms with E-state index in [1.54, 1.807) is 84.2 Å². The summed E-state index contributed by atoms with van der Waals surface area (Å²) >= 11 is 0. The quantitative estimate of drug-likeness (QED) is 0.206. The van der Waals surface area contributed by atoms with Gasteiger partial charge in [-0.05, 0) is 60.7 Å². The lowest BCUT2D eigenvalue weighted by molar-refractivity contribution is 0.380. The van der Waals surface area contributed by atoms with Crippen molar-refractivity contribution in [1.29, 1.82) is 0 Å². The van der Waals surface area contributed by atoms with Gasteiger partial charge in [-0.2, -0.15) is 4.98 Å². The molecule has 0 unspecified atom stereocenters. The smallest absolute Gasteiger partial charge is 0.316 e. The fraction of sp³-hybridized carbons (Fsp3) is 0.0588. The molecule has 8 aromatic rings. The van der Waals surface area contributed by atoms with Gasteiger partial charge in [0.05, 0.1) is 53.7 Å². The van der Waals surface area contributed by atoms with Crippen LogP contribution in [-0.2, 0) is 9.84 Å². The summed E-state index contributed by atoms with van der Waals surface area (Å²) in [6, 6.07) is 15.7. The molecule has 0 bridgehead atoms. The van der Waals surface area contributed by atoms with Gasteiger partial charge in [0.15, 0.2) is 11.3 Å². The van der Waals surface area contributed by atoms with Crippen molar-refractivity contribution in [3.63, 3.8) is 0 Å². The van der Waals surface area contributed by atoms with E-state index in [1.165, 1.54) is 37.6 Å². The van der Waals surface area contributed by atoms with Crippen LogP contribution in [0.2, 0.25) is 0 Å². The van der Waals surface area contributed by atoms with Crippen LogP contribution in [0.4, 0.5) is 8.78 Å². The van der Waals surface area contributed by atoms with Gasteiger partial charge in [0.2, 0.25) is 15.0 Å². The molecule has 6 heterocycles. The van der Waals surface area contributed by atoms with E-state index in [0.717, 1.165) is 17.5 Å². The van der Waals surface area contributed by atoms with Gasteiger partial charge in [-0.25, -0.2) is 42.1 Å². The Labute approximate surface area is 283 Å². The van der Waals surface area contributed by atoms with Crippen molar-refractivity contribution in [1.82, 2.24) is 48.7 Å². The SMILES string of the molecule is COc1nccc(-c2c(-c3ccc(F)cc3)nc3cnccn23)n1.CS(=O)(=O)c1nccc(-c2c(-c3ccc(F)cc3)nc3cnccn23)n1. The molecular weight excluding hydrogens is 667 g/mol. The Balaban J connectivity index is 0.000000157. The van der Waals surface area contributed by atoms with Crippen LogP contribution in [0.3, 0.4) is 0 Å². The van der Waals surface area contributed by atoms with Crippen molar-refractivity contribution in [3.8, 4) is 51.3 Å². The standard InChI is InChI=1S/C17H12FN5O2S.C17H12FN5O/c1-26(24,25)17-20-7-6-13(21-17)16-15(11-2-4-12(18)5-3-11)22-14-10-19-8-9-23(14)16;1-24-17-20-7-6-13(21-17)16-15(11-2-4-12(18)5-3-11)22-14-10-19-8-9-23(14)16/h2-10H,1H3;2-10H,1H3. The van der Waals surface area contributed by atoms with Crippen LogP contribution in [0.5, 0.6) is 6.01 Å². The van der Waals surface area contributed by atoms with Gasteiger partial charge in [-0.15, -0.1) is 0 Å². The Bertz CT molecular complexity index is 2590. The molecule has 0 saturated carbocycles. The van der Waals surface area contributed by atoms with E-state index >= 15 is 0 Å². The molecule has 0 aliphatic heterocycles. The van der Waals surface area contributed by atoms with Crippen LogP contribution in [0.15, 0.2) is 115 Å². The van der Waals surface area contributed by atoms with Crippen molar-refractivity contribution in [2.24, 2.45) is 0 Å². The Morgan fingerprint density at radius 1 is 0.620 bits per heavy atom. The van der Waals surface area contributed by atoms with Gasteiger partial charge in [0.1, 0.15) is 11.6 Å². The van der Waals surface area contributed by atoms with Gasteiger partial charge in [-0.1, -0.05) is 0 Å².